The predicted octanol–water partition coefficient (Wildman–Crippen LogP) is 17.4. The summed E-state index contributed by atoms with van der Waals surface area (Å²) >= 11 is 0. The lowest BCUT2D eigenvalue weighted by Crippen LogP contribution is -2.68. The molecule has 0 spiro atoms. The Labute approximate surface area is 733 Å². The summed E-state index contributed by atoms with van der Waals surface area (Å²) in [6.07, 6.45) is -21.8. The van der Waals surface area contributed by atoms with E-state index in [-0.39, 0.29) is 88.8 Å². The van der Waals surface area contributed by atoms with Crippen molar-refractivity contribution in [3.8, 4) is 0 Å². The molecule has 23 nitrogen and oxygen atoms in total. The summed E-state index contributed by atoms with van der Waals surface area (Å²) in [5.74, 6) is -4.55. The molecule has 25 atom stereocenters. The Morgan fingerprint density at radius 1 is 0.272 bits per heavy atom. The molecule has 5 heterocycles. The van der Waals surface area contributed by atoms with Gasteiger partial charge in [0.05, 0.1) is 93.9 Å². The molecule has 5 saturated heterocycles. The fraction of sp³-hybridized carbons (Fsp3) is 0.431. The molecule has 5 fully saturated rings. The number of benzene rings is 9. The zero-order chi connectivity index (χ0) is 87.1. The molecule has 0 saturated carbocycles. The van der Waals surface area contributed by atoms with Gasteiger partial charge in [-0.15, -0.1) is 0 Å². The van der Waals surface area contributed by atoms with E-state index in [4.69, 9.17) is 85.3 Å². The fourth-order valence-electron chi connectivity index (χ4n) is 16.6. The van der Waals surface area contributed by atoms with Crippen LogP contribution in [0.2, 0.25) is 0 Å². The van der Waals surface area contributed by atoms with Crippen LogP contribution >= 0.6 is 0 Å². The molecule has 10 unspecified atom stereocenters. The molecular weight excluding hydrogens is 1590 g/mol. The average Bonchev–Trinajstić information content (AvgIpc) is 0.750. The summed E-state index contributed by atoms with van der Waals surface area (Å²) < 4.78 is 129. The fourth-order valence-corrected chi connectivity index (χ4v) is 16.6. The second kappa shape index (κ2) is 45.0. The number of amides is 1. The molecule has 0 aromatic heterocycles. The van der Waals surface area contributed by atoms with Gasteiger partial charge < -0.3 is 85.3 Å². The van der Waals surface area contributed by atoms with Crippen LogP contribution in [0.4, 0.5) is 4.79 Å². The number of hydrogen-bond donors (Lipinski definition) is 0. The number of nitrogens with zero attached hydrogens (tertiary/aromatic N) is 1. The molecular formula is C102H117NO22. The van der Waals surface area contributed by atoms with Gasteiger partial charge in [0, 0.05) is 17.8 Å². The van der Waals surface area contributed by atoms with E-state index in [1.165, 1.54) is 4.90 Å². The smallest absolute Gasteiger partial charge is 0.412 e. The van der Waals surface area contributed by atoms with Gasteiger partial charge in [-0.2, -0.15) is 0 Å². The van der Waals surface area contributed by atoms with E-state index >= 15 is 4.79 Å². The molecule has 5 aliphatic rings. The Balaban J connectivity index is 0.909. The number of carbonyl (C=O) groups excluding carboxylic acids is 4. The standard InChI is InChI=1S/C102H117NO22/c1-65-68(4)88(119-94(104)80-49-31-16-32-50-80)98(114-72(65)8)122-86-71(7)84(62-109-57-76-41-23-12-24-42-76)117-101(93(86)121-96(106)82-53-35-18-36-54-82)124-90-85(63-110-58-77-43-25-13-26-44-77)118-100(92(111-59-78-45-27-14-28-46-78)91(90)125-99-89(69(5)66(2)73(9)115-99)120-95(105)81-51-33-17-34-52-81)123-87-70(6)67(3)83(61-108-56-75-39-21-11-22-40-75)116-97(87)113-64-103(55-74-37-19-10-20-38-74)102(107)112-60-79-47-29-15-30-48-79/h10-54,65-73,83-93,97-101H,55-64H2,1-9H3/t65-,66-,67+,68+,69+,70+,71-,72?,73?,83?,84?,85?,86+,87?,88?,89?,90-,91+,92?,93?,97+,98+,99+,100-,101+/m1/s1. The van der Waals surface area contributed by atoms with Crippen LogP contribution in [0.15, 0.2) is 273 Å². The van der Waals surface area contributed by atoms with E-state index in [1.54, 1.807) is 78.9 Å². The number of carbonyl (C=O) groups is 4. The summed E-state index contributed by atoms with van der Waals surface area (Å²) in [5.41, 5.74) is 5.88. The highest BCUT2D eigenvalue weighted by Gasteiger charge is 2.59. The number of esters is 3. The zero-order valence-electron chi connectivity index (χ0n) is 72.4. The third kappa shape index (κ3) is 24.3. The Hall–Kier alpha value is -9.90. The van der Waals surface area contributed by atoms with E-state index < -0.39 is 153 Å². The van der Waals surface area contributed by atoms with Gasteiger partial charge >= 0.3 is 24.0 Å². The molecule has 9 aromatic carbocycles. The molecule has 125 heavy (non-hydrogen) atoms. The second-order valence-electron chi connectivity index (χ2n) is 33.5. The van der Waals surface area contributed by atoms with E-state index in [0.29, 0.717) is 17.7 Å². The highest BCUT2D eigenvalue weighted by Crippen LogP contribution is 2.45. The molecule has 5 aliphatic heterocycles. The maximum absolute atomic E-state index is 15.5. The molecule has 662 valence electrons. The SMILES string of the molecule is CC1O[C@@H](O[C@@H]2C(OC(=O)c3ccccc3)[C@H](O[C@@H]3C(COCc4ccccc4)O[C@H](OC4[C@@H](OCN(Cc5ccccc5)C(=O)OCc5ccccc5)OC(COCc5ccccc5)[C@@H](C)[C@@H]4C)C(OCc4ccccc4)[C@H]3O[C@@H]3OC(C)[C@H](C)[C@H](C)C3OC(=O)c3ccccc3)OC(COCc3ccccc3)[C@H]2C)C(OC(=O)c2ccccc2)[C@@H](C)[C@H]1C. The minimum Gasteiger partial charge on any atom is -0.453 e. The molecule has 1 amide bonds. The van der Waals surface area contributed by atoms with Crippen molar-refractivity contribution < 1.29 is 104 Å². The van der Waals surface area contributed by atoms with Gasteiger partial charge in [-0.1, -0.05) is 285 Å². The largest absolute Gasteiger partial charge is 0.453 e. The number of ether oxygens (including phenoxy) is 18. The Bertz CT molecular complexity index is 4730. The van der Waals surface area contributed by atoms with Crippen LogP contribution in [0.5, 0.6) is 0 Å². The summed E-state index contributed by atoms with van der Waals surface area (Å²) in [4.78, 5) is 61.0. The highest BCUT2D eigenvalue weighted by atomic mass is 16.8. The summed E-state index contributed by atoms with van der Waals surface area (Å²) in [7, 11) is 0. The Morgan fingerprint density at radius 2 is 0.592 bits per heavy atom. The predicted molar refractivity (Wildman–Crippen MR) is 463 cm³/mol. The lowest BCUT2D eigenvalue weighted by Gasteiger charge is -2.53. The van der Waals surface area contributed by atoms with Crippen molar-refractivity contribution in [3.63, 3.8) is 0 Å². The van der Waals surface area contributed by atoms with Crippen molar-refractivity contribution in [2.45, 2.75) is 213 Å². The first-order chi connectivity index (χ1) is 60.9. The monoisotopic (exact) mass is 1710 g/mol. The van der Waals surface area contributed by atoms with Crippen LogP contribution in [0.1, 0.15) is 127 Å². The van der Waals surface area contributed by atoms with Crippen LogP contribution < -0.4 is 0 Å². The van der Waals surface area contributed by atoms with Crippen LogP contribution in [0.3, 0.4) is 0 Å². The highest BCUT2D eigenvalue weighted by molar-refractivity contribution is 5.90. The minimum atomic E-state index is -1.66. The van der Waals surface area contributed by atoms with Crippen molar-refractivity contribution >= 4 is 24.0 Å². The molecule has 23 heteroatoms. The van der Waals surface area contributed by atoms with Gasteiger partial charge in [0.15, 0.2) is 49.8 Å². The topological polar surface area (TPSA) is 238 Å². The summed E-state index contributed by atoms with van der Waals surface area (Å²) in [6, 6.07) is 83.9. The lowest BCUT2D eigenvalue weighted by molar-refractivity contribution is -0.404. The average molecular weight is 1710 g/mol. The van der Waals surface area contributed by atoms with Gasteiger partial charge in [0.25, 0.3) is 0 Å². The van der Waals surface area contributed by atoms with Crippen molar-refractivity contribution in [1.29, 1.82) is 0 Å². The molecule has 0 bridgehead atoms. The summed E-state index contributed by atoms with van der Waals surface area (Å²) in [5, 5.41) is 0. The zero-order valence-corrected chi connectivity index (χ0v) is 72.4. The van der Waals surface area contributed by atoms with Crippen LogP contribution in [0.25, 0.3) is 0 Å². The number of hydrogen-bond acceptors (Lipinski definition) is 22. The van der Waals surface area contributed by atoms with E-state index in [9.17, 15) is 14.4 Å². The normalized spacial score (nSPS) is 29.8. The summed E-state index contributed by atoms with van der Waals surface area (Å²) in [6.45, 7) is 18.1. The lowest BCUT2D eigenvalue weighted by atomic mass is 9.83. The van der Waals surface area contributed by atoms with Gasteiger partial charge in [-0.05, 0) is 107 Å². The van der Waals surface area contributed by atoms with Gasteiger partial charge in [0.2, 0.25) is 0 Å². The number of rotatable bonds is 36. The molecule has 0 aliphatic carbocycles. The first-order valence-corrected chi connectivity index (χ1v) is 43.7. The maximum Gasteiger partial charge on any atom is 0.412 e. The second-order valence-corrected chi connectivity index (χ2v) is 33.5. The minimum absolute atomic E-state index is 0.00971. The Morgan fingerprint density at radius 3 is 1.03 bits per heavy atom. The van der Waals surface area contributed by atoms with E-state index in [0.717, 1.165) is 33.4 Å². The van der Waals surface area contributed by atoms with Gasteiger partial charge in [-0.3, -0.25) is 4.90 Å². The van der Waals surface area contributed by atoms with Crippen molar-refractivity contribution in [2.24, 2.45) is 41.4 Å². The third-order valence-corrected chi connectivity index (χ3v) is 25.0. The molecule has 14 rings (SSSR count). The van der Waals surface area contributed by atoms with E-state index in [1.807, 2.05) is 243 Å². The quantitative estimate of drug-likeness (QED) is 0.0201. The van der Waals surface area contributed by atoms with Crippen molar-refractivity contribution in [1.82, 2.24) is 4.90 Å². The first kappa shape index (κ1) is 91.3. The van der Waals surface area contributed by atoms with Crippen LogP contribution in [0, 0.1) is 41.4 Å². The first-order valence-electron chi connectivity index (χ1n) is 43.7. The molecule has 0 radical (unpaired) electrons. The van der Waals surface area contributed by atoms with E-state index in [2.05, 4.69) is 13.8 Å². The van der Waals surface area contributed by atoms with Crippen LogP contribution in [-0.4, -0.2) is 166 Å². The Kier molecular flexibility index (Phi) is 32.9. The maximum atomic E-state index is 15.5. The van der Waals surface area contributed by atoms with Crippen molar-refractivity contribution in [2.75, 3.05) is 26.6 Å². The van der Waals surface area contributed by atoms with Gasteiger partial charge in [-0.25, -0.2) is 19.2 Å². The molecule has 0 N–H and O–H groups in total. The third-order valence-electron chi connectivity index (χ3n) is 25.0. The van der Waals surface area contributed by atoms with Crippen LogP contribution in [-0.2, 0) is 125 Å². The molecule has 9 aromatic rings. The van der Waals surface area contributed by atoms with Gasteiger partial charge in [0.1, 0.15) is 50.0 Å². The van der Waals surface area contributed by atoms with Crippen molar-refractivity contribution in [3.05, 3.63) is 323 Å².